The number of benzene rings is 2. The van der Waals surface area contributed by atoms with E-state index in [0.717, 1.165) is 15.6 Å². The molecule has 0 fully saturated rings. The van der Waals surface area contributed by atoms with Crippen molar-refractivity contribution >= 4 is 38.6 Å². The van der Waals surface area contributed by atoms with Gasteiger partial charge in [0.2, 0.25) is 0 Å². The summed E-state index contributed by atoms with van der Waals surface area (Å²) in [6.45, 7) is 1.98. The lowest BCUT2D eigenvalue weighted by atomic mass is 10.2. The molecule has 4 aromatic rings. The number of rotatable bonds is 4. The van der Waals surface area contributed by atoms with Crippen LogP contribution in [0.4, 0.5) is 0 Å². The second-order valence-electron chi connectivity index (χ2n) is 6.12. The molecule has 0 unspecified atom stereocenters. The number of nitrogens with zero attached hydrogens (tertiary/aromatic N) is 3. The first-order valence-electron chi connectivity index (χ1n) is 8.44. The zero-order chi connectivity index (χ0) is 18.8. The van der Waals surface area contributed by atoms with E-state index in [4.69, 9.17) is 4.98 Å². The SMILES string of the molecule is Cc1ccnc(-n2c(SCc3ccccc3Br)nc3ccccc3c2=O)c1. The average molecular weight is 438 g/mol. The van der Waals surface area contributed by atoms with Crippen LogP contribution in [-0.2, 0) is 5.75 Å². The van der Waals surface area contributed by atoms with E-state index < -0.39 is 0 Å². The Bertz CT molecular complexity index is 1190. The Morgan fingerprint density at radius 1 is 1.07 bits per heavy atom. The predicted molar refractivity (Wildman–Crippen MR) is 114 cm³/mol. The van der Waals surface area contributed by atoms with Gasteiger partial charge in [0, 0.05) is 16.4 Å². The van der Waals surface area contributed by atoms with Gasteiger partial charge in [0.1, 0.15) is 5.82 Å². The van der Waals surface area contributed by atoms with Gasteiger partial charge in [-0.25, -0.2) is 14.5 Å². The summed E-state index contributed by atoms with van der Waals surface area (Å²) in [5, 5.41) is 1.22. The number of hydrogen-bond donors (Lipinski definition) is 0. The third-order valence-electron chi connectivity index (χ3n) is 4.19. The molecule has 4 nitrogen and oxygen atoms in total. The van der Waals surface area contributed by atoms with Crippen molar-refractivity contribution in [3.05, 3.63) is 92.8 Å². The number of hydrogen-bond acceptors (Lipinski definition) is 4. The van der Waals surface area contributed by atoms with Crippen molar-refractivity contribution in [1.29, 1.82) is 0 Å². The molecular weight excluding hydrogens is 422 g/mol. The summed E-state index contributed by atoms with van der Waals surface area (Å²) in [4.78, 5) is 22.4. The van der Waals surface area contributed by atoms with Gasteiger partial charge < -0.3 is 0 Å². The lowest BCUT2D eigenvalue weighted by Crippen LogP contribution is -2.22. The molecule has 2 aromatic carbocycles. The van der Waals surface area contributed by atoms with Crippen LogP contribution in [0.5, 0.6) is 0 Å². The Hall–Kier alpha value is -2.44. The molecule has 0 saturated carbocycles. The smallest absolute Gasteiger partial charge is 0.267 e. The van der Waals surface area contributed by atoms with Gasteiger partial charge in [-0.2, -0.15) is 0 Å². The number of aromatic nitrogens is 3. The Labute approximate surface area is 169 Å². The summed E-state index contributed by atoms with van der Waals surface area (Å²) in [6, 6.07) is 19.3. The van der Waals surface area contributed by atoms with Crippen LogP contribution >= 0.6 is 27.7 Å². The summed E-state index contributed by atoms with van der Waals surface area (Å²) in [5.74, 6) is 1.28. The number of para-hydroxylation sites is 1. The first-order valence-corrected chi connectivity index (χ1v) is 10.2. The van der Waals surface area contributed by atoms with Gasteiger partial charge in [-0.3, -0.25) is 4.79 Å². The average Bonchev–Trinajstić information content (AvgIpc) is 2.67. The molecule has 134 valence electrons. The second kappa shape index (κ2) is 7.66. The quantitative estimate of drug-likeness (QED) is 0.327. The molecule has 0 aliphatic carbocycles. The van der Waals surface area contributed by atoms with Crippen LogP contribution in [0.2, 0.25) is 0 Å². The maximum absolute atomic E-state index is 13.2. The van der Waals surface area contributed by atoms with E-state index >= 15 is 0 Å². The fraction of sp³-hybridized carbons (Fsp3) is 0.0952. The van der Waals surface area contributed by atoms with Crippen molar-refractivity contribution in [2.75, 3.05) is 0 Å². The monoisotopic (exact) mass is 437 g/mol. The van der Waals surface area contributed by atoms with Gasteiger partial charge in [0.05, 0.1) is 10.9 Å². The molecule has 0 aliphatic heterocycles. The molecule has 0 N–H and O–H groups in total. The van der Waals surface area contributed by atoms with Crippen molar-refractivity contribution in [2.24, 2.45) is 0 Å². The van der Waals surface area contributed by atoms with Crippen LogP contribution in [-0.4, -0.2) is 14.5 Å². The first-order chi connectivity index (χ1) is 13.1. The molecule has 0 radical (unpaired) electrons. The van der Waals surface area contributed by atoms with Crippen molar-refractivity contribution < 1.29 is 0 Å². The molecule has 0 saturated heterocycles. The van der Waals surface area contributed by atoms with E-state index in [0.29, 0.717) is 27.6 Å². The Balaban J connectivity index is 1.86. The van der Waals surface area contributed by atoms with E-state index in [-0.39, 0.29) is 5.56 Å². The molecule has 6 heteroatoms. The minimum Gasteiger partial charge on any atom is -0.268 e. The van der Waals surface area contributed by atoms with Crippen molar-refractivity contribution in [1.82, 2.24) is 14.5 Å². The highest BCUT2D eigenvalue weighted by Gasteiger charge is 2.14. The van der Waals surface area contributed by atoms with Gasteiger partial charge in [0.15, 0.2) is 5.16 Å². The molecule has 0 amide bonds. The highest BCUT2D eigenvalue weighted by atomic mass is 79.9. The Morgan fingerprint density at radius 3 is 2.67 bits per heavy atom. The largest absolute Gasteiger partial charge is 0.268 e. The minimum atomic E-state index is -0.103. The molecule has 0 spiro atoms. The molecular formula is C21H16BrN3OS. The maximum atomic E-state index is 13.2. The third kappa shape index (κ3) is 3.68. The van der Waals surface area contributed by atoms with Gasteiger partial charge >= 0.3 is 0 Å². The summed E-state index contributed by atoms with van der Waals surface area (Å²) in [5.41, 5.74) is 2.78. The van der Waals surface area contributed by atoms with Crippen molar-refractivity contribution in [3.8, 4) is 5.82 Å². The Kier molecular flexibility index (Phi) is 5.09. The van der Waals surface area contributed by atoms with E-state index in [2.05, 4.69) is 27.0 Å². The second-order valence-corrected chi connectivity index (χ2v) is 7.92. The highest BCUT2D eigenvalue weighted by Crippen LogP contribution is 2.27. The molecule has 0 atom stereocenters. The number of fused-ring (bicyclic) bond motifs is 1. The van der Waals surface area contributed by atoms with Crippen LogP contribution < -0.4 is 5.56 Å². The van der Waals surface area contributed by atoms with Crippen LogP contribution in [0, 0.1) is 6.92 Å². The fourth-order valence-corrected chi connectivity index (χ4v) is 4.43. The van der Waals surface area contributed by atoms with Crippen LogP contribution in [0.15, 0.2) is 81.3 Å². The topological polar surface area (TPSA) is 47.8 Å². The summed E-state index contributed by atoms with van der Waals surface area (Å²) in [6.07, 6.45) is 1.72. The predicted octanol–water partition coefficient (Wildman–Crippen LogP) is 5.14. The van der Waals surface area contributed by atoms with Crippen molar-refractivity contribution in [3.63, 3.8) is 0 Å². The van der Waals surface area contributed by atoms with E-state index in [1.807, 2.05) is 55.5 Å². The number of pyridine rings is 1. The number of thioether (sulfide) groups is 1. The van der Waals surface area contributed by atoms with Gasteiger partial charge in [-0.15, -0.1) is 0 Å². The molecule has 27 heavy (non-hydrogen) atoms. The van der Waals surface area contributed by atoms with E-state index in [1.165, 1.54) is 11.8 Å². The minimum absolute atomic E-state index is 0.103. The Morgan fingerprint density at radius 2 is 1.85 bits per heavy atom. The van der Waals surface area contributed by atoms with Crippen molar-refractivity contribution in [2.45, 2.75) is 17.8 Å². The molecule has 0 aliphatic rings. The van der Waals surface area contributed by atoms with E-state index in [9.17, 15) is 4.79 Å². The standard InChI is InChI=1S/C21H16BrN3OS/c1-14-10-11-23-19(12-14)25-20(26)16-7-3-5-9-18(16)24-21(25)27-13-15-6-2-4-8-17(15)22/h2-12H,13H2,1H3. The third-order valence-corrected chi connectivity index (χ3v) is 5.95. The lowest BCUT2D eigenvalue weighted by Gasteiger charge is -2.13. The number of halogens is 1. The van der Waals surface area contributed by atoms with Gasteiger partial charge in [0.25, 0.3) is 5.56 Å². The maximum Gasteiger partial charge on any atom is 0.267 e. The molecule has 4 rings (SSSR count). The molecule has 0 bridgehead atoms. The number of aryl methyl sites for hydroxylation is 1. The molecule has 2 heterocycles. The first kappa shape index (κ1) is 17.9. The zero-order valence-corrected chi connectivity index (χ0v) is 17.0. The fourth-order valence-electron chi connectivity index (χ4n) is 2.81. The molecule has 2 aromatic heterocycles. The van der Waals surface area contributed by atoms with Gasteiger partial charge in [-0.1, -0.05) is 58.0 Å². The summed E-state index contributed by atoms with van der Waals surface area (Å²) >= 11 is 5.11. The van der Waals surface area contributed by atoms with Crippen LogP contribution in [0.3, 0.4) is 0 Å². The van der Waals surface area contributed by atoms with E-state index in [1.54, 1.807) is 16.8 Å². The summed E-state index contributed by atoms with van der Waals surface area (Å²) < 4.78 is 2.65. The highest BCUT2D eigenvalue weighted by molar-refractivity contribution is 9.10. The van der Waals surface area contributed by atoms with Gasteiger partial charge in [-0.05, 0) is 48.4 Å². The lowest BCUT2D eigenvalue weighted by molar-refractivity contribution is 0.794. The normalized spacial score (nSPS) is 11.0. The zero-order valence-electron chi connectivity index (χ0n) is 14.6. The summed E-state index contributed by atoms with van der Waals surface area (Å²) in [7, 11) is 0. The van der Waals surface area contributed by atoms with Crippen LogP contribution in [0.1, 0.15) is 11.1 Å². The van der Waals surface area contributed by atoms with Crippen LogP contribution in [0.25, 0.3) is 16.7 Å².